The molecule has 1 rings (SSSR count). The number of carbonyl (C=O) groups excluding carboxylic acids is 1. The molecule has 0 heterocycles. The molecule has 3 nitrogen and oxygen atoms in total. The molecule has 0 spiro atoms. The lowest BCUT2D eigenvalue weighted by molar-refractivity contribution is -0.124. The first kappa shape index (κ1) is 19.9. The van der Waals surface area contributed by atoms with Gasteiger partial charge in [-0.15, -0.1) is 12.4 Å². The van der Waals surface area contributed by atoms with Crippen LogP contribution in [-0.4, -0.2) is 18.5 Å². The summed E-state index contributed by atoms with van der Waals surface area (Å²) in [5.41, 5.74) is 8.09. The van der Waals surface area contributed by atoms with Crippen molar-refractivity contribution >= 4 is 18.3 Å². The predicted octanol–water partition coefficient (Wildman–Crippen LogP) is 3.18. The number of halogens is 1. The van der Waals surface area contributed by atoms with Gasteiger partial charge in [0.15, 0.2) is 0 Å². The second-order valence-electron chi connectivity index (χ2n) is 7.31. The van der Waals surface area contributed by atoms with Gasteiger partial charge in [0, 0.05) is 12.0 Å². The van der Waals surface area contributed by atoms with Crippen LogP contribution < -0.4 is 11.1 Å². The maximum atomic E-state index is 12.1. The molecule has 1 aromatic rings. The van der Waals surface area contributed by atoms with Gasteiger partial charge in [-0.1, -0.05) is 64.4 Å². The molecule has 1 atom stereocenters. The minimum absolute atomic E-state index is 0. The highest BCUT2D eigenvalue weighted by atomic mass is 35.5. The number of amides is 1. The van der Waals surface area contributed by atoms with Gasteiger partial charge in [-0.25, -0.2) is 0 Å². The van der Waals surface area contributed by atoms with Gasteiger partial charge in [-0.2, -0.15) is 0 Å². The minimum atomic E-state index is -0.490. The number of aryl methyl sites for hydroxylation is 1. The standard InChI is InChI=1S/C17H28N2O.ClH/c1-12-7-9-13(10-8-12)17(5,6)11-19-15(20)14(18)16(2,3)4;/h7-10,14H,11,18H2,1-6H3,(H,19,20);1H/t14-;/m1./s1. The van der Waals surface area contributed by atoms with Crippen LogP contribution in [0.2, 0.25) is 0 Å². The van der Waals surface area contributed by atoms with E-state index in [0.29, 0.717) is 6.54 Å². The molecule has 4 heteroatoms. The predicted molar refractivity (Wildman–Crippen MR) is 91.9 cm³/mol. The largest absolute Gasteiger partial charge is 0.354 e. The Bertz CT molecular complexity index is 461. The van der Waals surface area contributed by atoms with Crippen LogP contribution in [0, 0.1) is 12.3 Å². The Kier molecular flexibility index (Phi) is 6.91. The average molecular weight is 313 g/mol. The van der Waals surface area contributed by atoms with Gasteiger partial charge in [-0.3, -0.25) is 4.79 Å². The Morgan fingerprint density at radius 1 is 1.14 bits per heavy atom. The van der Waals surface area contributed by atoms with E-state index >= 15 is 0 Å². The summed E-state index contributed by atoms with van der Waals surface area (Å²) in [7, 11) is 0. The zero-order chi connectivity index (χ0) is 15.6. The highest BCUT2D eigenvalue weighted by molar-refractivity contribution is 5.85. The lowest BCUT2D eigenvalue weighted by atomic mass is 9.83. The molecule has 0 saturated carbocycles. The third kappa shape index (κ3) is 5.68. The molecule has 0 fully saturated rings. The quantitative estimate of drug-likeness (QED) is 0.897. The Balaban J connectivity index is 0.00000400. The lowest BCUT2D eigenvalue weighted by Gasteiger charge is -2.30. The molecule has 0 bridgehead atoms. The van der Waals surface area contributed by atoms with E-state index in [9.17, 15) is 4.79 Å². The summed E-state index contributed by atoms with van der Waals surface area (Å²) in [5, 5.41) is 2.98. The molecule has 0 radical (unpaired) electrons. The Morgan fingerprint density at radius 3 is 2.05 bits per heavy atom. The van der Waals surface area contributed by atoms with Gasteiger partial charge in [0.05, 0.1) is 6.04 Å². The number of nitrogens with one attached hydrogen (secondary N) is 1. The number of nitrogens with two attached hydrogens (primary N) is 1. The zero-order valence-electron chi connectivity index (χ0n) is 14.0. The van der Waals surface area contributed by atoms with Gasteiger partial charge in [0.2, 0.25) is 5.91 Å². The average Bonchev–Trinajstić information content (AvgIpc) is 2.34. The summed E-state index contributed by atoms with van der Waals surface area (Å²) < 4.78 is 0. The summed E-state index contributed by atoms with van der Waals surface area (Å²) in [6.45, 7) is 12.8. The van der Waals surface area contributed by atoms with E-state index in [1.807, 2.05) is 20.8 Å². The van der Waals surface area contributed by atoms with Crippen molar-refractivity contribution in [2.45, 2.75) is 53.0 Å². The van der Waals surface area contributed by atoms with E-state index in [4.69, 9.17) is 5.73 Å². The van der Waals surface area contributed by atoms with Gasteiger partial charge in [-0.05, 0) is 17.9 Å². The van der Waals surface area contributed by atoms with Crippen LogP contribution >= 0.6 is 12.4 Å². The van der Waals surface area contributed by atoms with Crippen molar-refractivity contribution in [3.8, 4) is 0 Å². The van der Waals surface area contributed by atoms with Gasteiger partial charge in [0.25, 0.3) is 0 Å². The fourth-order valence-corrected chi connectivity index (χ4v) is 1.92. The maximum Gasteiger partial charge on any atom is 0.237 e. The van der Waals surface area contributed by atoms with Gasteiger partial charge in [0.1, 0.15) is 0 Å². The van der Waals surface area contributed by atoms with Gasteiger partial charge < -0.3 is 11.1 Å². The topological polar surface area (TPSA) is 55.1 Å². The number of hydrogen-bond donors (Lipinski definition) is 2. The van der Waals surface area contributed by atoms with Crippen LogP contribution in [0.4, 0.5) is 0 Å². The van der Waals surface area contributed by atoms with Crippen molar-refractivity contribution in [3.63, 3.8) is 0 Å². The fourth-order valence-electron chi connectivity index (χ4n) is 1.92. The smallest absolute Gasteiger partial charge is 0.237 e. The second kappa shape index (κ2) is 7.28. The summed E-state index contributed by atoms with van der Waals surface area (Å²) in [6.07, 6.45) is 0. The first-order chi connectivity index (χ1) is 9.04. The first-order valence-electron chi connectivity index (χ1n) is 7.14. The van der Waals surface area contributed by atoms with Crippen LogP contribution in [0.15, 0.2) is 24.3 Å². The zero-order valence-corrected chi connectivity index (χ0v) is 14.8. The highest BCUT2D eigenvalue weighted by Crippen LogP contribution is 2.23. The molecule has 3 N–H and O–H groups in total. The number of rotatable bonds is 4. The van der Waals surface area contributed by atoms with Crippen LogP contribution in [-0.2, 0) is 10.2 Å². The van der Waals surface area contributed by atoms with Crippen LogP contribution in [0.5, 0.6) is 0 Å². The minimum Gasteiger partial charge on any atom is -0.354 e. The monoisotopic (exact) mass is 312 g/mol. The normalized spacial score (nSPS) is 13.3. The SMILES string of the molecule is Cc1ccc(C(C)(C)CNC(=O)[C@@H](N)C(C)(C)C)cc1.Cl. The van der Waals surface area contributed by atoms with Crippen LogP contribution in [0.1, 0.15) is 45.7 Å². The van der Waals surface area contributed by atoms with E-state index in [2.05, 4.69) is 50.4 Å². The third-order valence-corrected chi connectivity index (χ3v) is 3.75. The van der Waals surface area contributed by atoms with Crippen molar-refractivity contribution in [1.82, 2.24) is 5.32 Å². The van der Waals surface area contributed by atoms with Crippen molar-refractivity contribution < 1.29 is 4.79 Å². The van der Waals surface area contributed by atoms with Crippen molar-refractivity contribution in [1.29, 1.82) is 0 Å². The Labute approximate surface area is 135 Å². The molecule has 0 aliphatic heterocycles. The molecule has 21 heavy (non-hydrogen) atoms. The van der Waals surface area contributed by atoms with Gasteiger partial charge >= 0.3 is 0 Å². The van der Waals surface area contributed by atoms with Crippen LogP contribution in [0.25, 0.3) is 0 Å². The molecular weight excluding hydrogens is 284 g/mol. The molecule has 0 aliphatic carbocycles. The molecule has 0 unspecified atom stereocenters. The lowest BCUT2D eigenvalue weighted by Crippen LogP contribution is -2.50. The third-order valence-electron chi connectivity index (χ3n) is 3.75. The molecule has 1 aromatic carbocycles. The van der Waals surface area contributed by atoms with Crippen LogP contribution in [0.3, 0.4) is 0 Å². The van der Waals surface area contributed by atoms with E-state index in [0.717, 1.165) is 0 Å². The summed E-state index contributed by atoms with van der Waals surface area (Å²) in [4.78, 5) is 12.1. The summed E-state index contributed by atoms with van der Waals surface area (Å²) in [6, 6.07) is 7.94. The Hall–Kier alpha value is -1.06. The molecule has 0 saturated heterocycles. The van der Waals surface area contributed by atoms with Crippen molar-refractivity contribution in [3.05, 3.63) is 35.4 Å². The number of hydrogen-bond acceptors (Lipinski definition) is 2. The summed E-state index contributed by atoms with van der Waals surface area (Å²) >= 11 is 0. The Morgan fingerprint density at radius 2 is 1.62 bits per heavy atom. The molecule has 1 amide bonds. The molecule has 0 aromatic heterocycles. The van der Waals surface area contributed by atoms with Crippen molar-refractivity contribution in [2.75, 3.05) is 6.54 Å². The molecule has 0 aliphatic rings. The second-order valence-corrected chi connectivity index (χ2v) is 7.31. The maximum absolute atomic E-state index is 12.1. The number of carbonyl (C=O) groups is 1. The van der Waals surface area contributed by atoms with E-state index in [1.165, 1.54) is 11.1 Å². The van der Waals surface area contributed by atoms with E-state index < -0.39 is 6.04 Å². The molecular formula is C17H29ClN2O. The molecule has 120 valence electrons. The first-order valence-corrected chi connectivity index (χ1v) is 7.14. The number of benzene rings is 1. The van der Waals surface area contributed by atoms with E-state index in [1.54, 1.807) is 0 Å². The van der Waals surface area contributed by atoms with E-state index in [-0.39, 0.29) is 29.1 Å². The fraction of sp³-hybridized carbons (Fsp3) is 0.588. The summed E-state index contributed by atoms with van der Waals surface area (Å²) in [5.74, 6) is -0.0855. The van der Waals surface area contributed by atoms with Crippen molar-refractivity contribution in [2.24, 2.45) is 11.1 Å². The highest BCUT2D eigenvalue weighted by Gasteiger charge is 2.29.